The summed E-state index contributed by atoms with van der Waals surface area (Å²) < 4.78 is 5.64. The Labute approximate surface area is 149 Å². The van der Waals surface area contributed by atoms with Crippen LogP contribution in [0, 0.1) is 5.92 Å². The number of hydrogen-bond donors (Lipinski definition) is 2. The average molecular weight is 343 g/mol. The first-order valence-electron chi connectivity index (χ1n) is 9.07. The molecule has 1 aliphatic heterocycles. The molecule has 0 radical (unpaired) electrons. The summed E-state index contributed by atoms with van der Waals surface area (Å²) in [6.45, 7) is 9.13. The van der Waals surface area contributed by atoms with Crippen LogP contribution in [-0.2, 0) is 4.74 Å². The second kappa shape index (κ2) is 6.71. The Hall–Kier alpha value is -2.01. The number of aromatic nitrogens is 1. The van der Waals surface area contributed by atoms with Gasteiger partial charge in [0.2, 0.25) is 0 Å². The number of likely N-dealkylation sites (tertiary alicyclic amines) is 1. The highest BCUT2D eigenvalue weighted by Crippen LogP contribution is 2.38. The topological polar surface area (TPSA) is 71.3 Å². The van der Waals surface area contributed by atoms with Crippen LogP contribution in [0.25, 0.3) is 10.9 Å². The molecule has 2 aromatic rings. The normalized spacial score (nSPS) is 22.4. The van der Waals surface area contributed by atoms with Crippen molar-refractivity contribution in [1.82, 2.24) is 9.88 Å². The lowest BCUT2D eigenvalue weighted by molar-refractivity contribution is 0.0188. The number of benzene rings is 1. The summed E-state index contributed by atoms with van der Waals surface area (Å²) in [7, 11) is 0. The molecular weight excluding hydrogens is 314 g/mol. The van der Waals surface area contributed by atoms with Gasteiger partial charge in [-0.25, -0.2) is 4.79 Å². The van der Waals surface area contributed by atoms with Crippen LogP contribution in [0.15, 0.2) is 30.5 Å². The number of carbonyl (C=O) groups is 1. The van der Waals surface area contributed by atoms with Crippen molar-refractivity contribution in [3.63, 3.8) is 0 Å². The van der Waals surface area contributed by atoms with Crippen molar-refractivity contribution < 1.29 is 9.53 Å². The number of nitrogens with two attached hydrogens (primary N) is 1. The van der Waals surface area contributed by atoms with Gasteiger partial charge in [0, 0.05) is 42.1 Å². The molecule has 1 aliphatic rings. The number of aromatic amines is 1. The van der Waals surface area contributed by atoms with Gasteiger partial charge in [-0.1, -0.05) is 25.1 Å². The summed E-state index contributed by atoms with van der Waals surface area (Å²) in [6.07, 6.45) is 2.78. The summed E-state index contributed by atoms with van der Waals surface area (Å²) in [5.41, 5.74) is 7.99. The van der Waals surface area contributed by atoms with Gasteiger partial charge in [-0.05, 0) is 44.7 Å². The highest BCUT2D eigenvalue weighted by molar-refractivity contribution is 5.84. The molecular formula is C20H29N3O2. The van der Waals surface area contributed by atoms with Gasteiger partial charge in [0.1, 0.15) is 5.60 Å². The summed E-state index contributed by atoms with van der Waals surface area (Å²) in [6, 6.07) is 8.29. The third-order valence-electron chi connectivity index (χ3n) is 5.08. The number of nitrogens with one attached hydrogen (secondary N) is 1. The van der Waals surface area contributed by atoms with E-state index >= 15 is 0 Å². The standard InChI is InChI=1S/C20H29N3O2/c1-13-9-10-23(19(24)25-20(2,3)4)18(13)15(11-21)16-12-22-17-8-6-5-7-14(16)17/h5-8,12-13,15,18,22H,9-11,21H2,1-4H3. The van der Waals surface area contributed by atoms with Gasteiger partial charge in [-0.2, -0.15) is 0 Å². The molecule has 0 aliphatic carbocycles. The van der Waals surface area contributed by atoms with E-state index in [0.717, 1.165) is 18.5 Å². The quantitative estimate of drug-likeness (QED) is 0.889. The first kappa shape index (κ1) is 17.8. The zero-order valence-corrected chi connectivity index (χ0v) is 15.6. The van der Waals surface area contributed by atoms with E-state index in [0.29, 0.717) is 12.5 Å². The van der Waals surface area contributed by atoms with Crippen molar-refractivity contribution in [3.05, 3.63) is 36.0 Å². The molecule has 5 nitrogen and oxygen atoms in total. The first-order chi connectivity index (χ1) is 11.8. The van der Waals surface area contributed by atoms with Crippen LogP contribution in [0.4, 0.5) is 4.79 Å². The molecule has 1 amide bonds. The minimum absolute atomic E-state index is 0.0547. The van der Waals surface area contributed by atoms with E-state index in [2.05, 4.69) is 24.0 Å². The van der Waals surface area contributed by atoms with Gasteiger partial charge in [0.15, 0.2) is 0 Å². The monoisotopic (exact) mass is 343 g/mol. The SMILES string of the molecule is CC1CCN(C(=O)OC(C)(C)C)C1C(CN)c1c[nH]c2ccccc12. The molecule has 1 fully saturated rings. The summed E-state index contributed by atoms with van der Waals surface area (Å²) in [4.78, 5) is 17.9. The number of ether oxygens (including phenoxy) is 1. The largest absolute Gasteiger partial charge is 0.444 e. The van der Waals surface area contributed by atoms with Crippen LogP contribution in [-0.4, -0.2) is 40.7 Å². The fraction of sp³-hybridized carbons (Fsp3) is 0.550. The van der Waals surface area contributed by atoms with Gasteiger partial charge in [-0.15, -0.1) is 0 Å². The van der Waals surface area contributed by atoms with Crippen molar-refractivity contribution >= 4 is 17.0 Å². The Morgan fingerprint density at radius 2 is 2.12 bits per heavy atom. The van der Waals surface area contributed by atoms with E-state index in [1.807, 2.05) is 44.0 Å². The van der Waals surface area contributed by atoms with Crippen LogP contribution in [0.5, 0.6) is 0 Å². The Morgan fingerprint density at radius 1 is 1.40 bits per heavy atom. The smallest absolute Gasteiger partial charge is 0.410 e. The Kier molecular flexibility index (Phi) is 4.78. The maximum Gasteiger partial charge on any atom is 0.410 e. The molecule has 0 bridgehead atoms. The second-order valence-corrected chi connectivity index (χ2v) is 8.06. The number of rotatable bonds is 3. The van der Waals surface area contributed by atoms with E-state index < -0.39 is 5.60 Å². The Bertz CT molecular complexity index is 747. The van der Waals surface area contributed by atoms with E-state index in [9.17, 15) is 4.79 Å². The van der Waals surface area contributed by atoms with Crippen LogP contribution >= 0.6 is 0 Å². The number of hydrogen-bond acceptors (Lipinski definition) is 3. The van der Waals surface area contributed by atoms with Gasteiger partial charge >= 0.3 is 6.09 Å². The van der Waals surface area contributed by atoms with Crippen molar-refractivity contribution in [1.29, 1.82) is 0 Å². The Morgan fingerprint density at radius 3 is 2.80 bits per heavy atom. The molecule has 3 rings (SSSR count). The number of nitrogens with zero attached hydrogens (tertiary/aromatic N) is 1. The van der Waals surface area contributed by atoms with E-state index in [1.165, 1.54) is 10.9 Å². The molecule has 0 saturated carbocycles. The van der Waals surface area contributed by atoms with E-state index in [1.54, 1.807) is 0 Å². The molecule has 3 N–H and O–H groups in total. The Balaban J connectivity index is 1.93. The molecule has 1 saturated heterocycles. The maximum atomic E-state index is 12.7. The predicted octanol–water partition coefficient (Wildman–Crippen LogP) is 3.86. The fourth-order valence-corrected chi connectivity index (χ4v) is 3.97. The fourth-order valence-electron chi connectivity index (χ4n) is 3.97. The third-order valence-corrected chi connectivity index (χ3v) is 5.08. The van der Waals surface area contributed by atoms with E-state index in [-0.39, 0.29) is 18.1 Å². The van der Waals surface area contributed by atoms with E-state index in [4.69, 9.17) is 10.5 Å². The number of fused-ring (bicyclic) bond motifs is 1. The summed E-state index contributed by atoms with van der Waals surface area (Å²) in [5, 5.41) is 1.18. The lowest BCUT2D eigenvalue weighted by Crippen LogP contribution is -2.45. The zero-order chi connectivity index (χ0) is 18.2. The highest BCUT2D eigenvalue weighted by Gasteiger charge is 2.42. The number of H-pyrrole nitrogens is 1. The molecule has 3 atom stereocenters. The van der Waals surface area contributed by atoms with Crippen LogP contribution in [0.2, 0.25) is 0 Å². The van der Waals surface area contributed by atoms with Crippen LogP contribution in [0.3, 0.4) is 0 Å². The second-order valence-electron chi connectivity index (χ2n) is 8.06. The molecule has 2 heterocycles. The summed E-state index contributed by atoms with van der Waals surface area (Å²) >= 11 is 0. The molecule has 1 aromatic heterocycles. The van der Waals surface area contributed by atoms with Crippen molar-refractivity contribution in [2.24, 2.45) is 11.7 Å². The number of amides is 1. The molecule has 5 heteroatoms. The maximum absolute atomic E-state index is 12.7. The molecule has 3 unspecified atom stereocenters. The molecule has 136 valence electrons. The third kappa shape index (κ3) is 3.52. The highest BCUT2D eigenvalue weighted by atomic mass is 16.6. The predicted molar refractivity (Wildman–Crippen MR) is 101 cm³/mol. The van der Waals surface area contributed by atoms with Crippen molar-refractivity contribution in [2.45, 2.75) is 51.7 Å². The van der Waals surface area contributed by atoms with Gasteiger partial charge in [-0.3, -0.25) is 0 Å². The summed E-state index contributed by atoms with van der Waals surface area (Å²) in [5.74, 6) is 0.468. The number of para-hydroxylation sites is 1. The lowest BCUT2D eigenvalue weighted by atomic mass is 9.84. The number of carbonyl (C=O) groups excluding carboxylic acids is 1. The minimum atomic E-state index is -0.494. The molecule has 0 spiro atoms. The van der Waals surface area contributed by atoms with Crippen molar-refractivity contribution in [2.75, 3.05) is 13.1 Å². The molecule has 1 aromatic carbocycles. The zero-order valence-electron chi connectivity index (χ0n) is 15.6. The molecule has 25 heavy (non-hydrogen) atoms. The van der Waals surface area contributed by atoms with Crippen LogP contribution < -0.4 is 5.73 Å². The minimum Gasteiger partial charge on any atom is -0.444 e. The van der Waals surface area contributed by atoms with Gasteiger partial charge < -0.3 is 20.4 Å². The van der Waals surface area contributed by atoms with Crippen molar-refractivity contribution in [3.8, 4) is 0 Å². The average Bonchev–Trinajstić information content (AvgIpc) is 3.12. The van der Waals surface area contributed by atoms with Gasteiger partial charge in [0.25, 0.3) is 0 Å². The van der Waals surface area contributed by atoms with Crippen LogP contribution in [0.1, 0.15) is 45.6 Å². The van der Waals surface area contributed by atoms with Gasteiger partial charge in [0.05, 0.1) is 0 Å². The lowest BCUT2D eigenvalue weighted by Gasteiger charge is -2.34. The first-order valence-corrected chi connectivity index (χ1v) is 9.07.